The summed E-state index contributed by atoms with van der Waals surface area (Å²) < 4.78 is 5.39. The van der Waals surface area contributed by atoms with Crippen LogP contribution in [0.5, 0.6) is 0 Å². The molecule has 0 aliphatic heterocycles. The molecule has 0 spiro atoms. The zero-order valence-electron chi connectivity index (χ0n) is 10.9. The SMILES string of the molecule is CCN(Cc1ccncc1)C(=O)c1ccc(CN)o1. The van der Waals surface area contributed by atoms with E-state index in [1.165, 1.54) is 0 Å². The van der Waals surface area contributed by atoms with E-state index in [4.69, 9.17) is 10.2 Å². The Hall–Kier alpha value is -2.14. The maximum absolute atomic E-state index is 12.3. The molecule has 2 rings (SSSR count). The third-order valence-corrected chi connectivity index (χ3v) is 2.87. The maximum Gasteiger partial charge on any atom is 0.289 e. The van der Waals surface area contributed by atoms with Crippen molar-refractivity contribution in [2.24, 2.45) is 5.73 Å². The molecule has 0 aliphatic rings. The van der Waals surface area contributed by atoms with Gasteiger partial charge in [0.25, 0.3) is 5.91 Å². The second kappa shape index (κ2) is 6.15. The van der Waals surface area contributed by atoms with Gasteiger partial charge in [-0.3, -0.25) is 9.78 Å². The third-order valence-electron chi connectivity index (χ3n) is 2.87. The molecule has 0 unspecified atom stereocenters. The number of amides is 1. The number of aromatic nitrogens is 1. The van der Waals surface area contributed by atoms with Crippen LogP contribution in [0.4, 0.5) is 0 Å². The molecule has 2 heterocycles. The lowest BCUT2D eigenvalue weighted by Gasteiger charge is -2.19. The van der Waals surface area contributed by atoms with Crippen LogP contribution in [0, 0.1) is 0 Å². The maximum atomic E-state index is 12.3. The van der Waals surface area contributed by atoms with Crippen LogP contribution in [0.15, 0.2) is 41.1 Å². The lowest BCUT2D eigenvalue weighted by molar-refractivity contribution is 0.0718. The largest absolute Gasteiger partial charge is 0.455 e. The Morgan fingerprint density at radius 1 is 1.32 bits per heavy atom. The molecule has 2 aromatic rings. The van der Waals surface area contributed by atoms with E-state index in [0.717, 1.165) is 5.56 Å². The van der Waals surface area contributed by atoms with Crippen LogP contribution in [-0.4, -0.2) is 22.3 Å². The van der Waals surface area contributed by atoms with Gasteiger partial charge in [0.05, 0.1) is 6.54 Å². The number of carbonyl (C=O) groups is 1. The van der Waals surface area contributed by atoms with Crippen molar-refractivity contribution in [1.82, 2.24) is 9.88 Å². The zero-order valence-corrected chi connectivity index (χ0v) is 10.9. The van der Waals surface area contributed by atoms with Crippen LogP contribution >= 0.6 is 0 Å². The Morgan fingerprint density at radius 3 is 2.63 bits per heavy atom. The molecule has 100 valence electrons. The number of hydrogen-bond acceptors (Lipinski definition) is 4. The van der Waals surface area contributed by atoms with Crippen LogP contribution in [0.1, 0.15) is 28.8 Å². The number of carbonyl (C=O) groups excluding carboxylic acids is 1. The van der Waals surface area contributed by atoms with Crippen molar-refractivity contribution in [1.29, 1.82) is 0 Å². The van der Waals surface area contributed by atoms with Crippen molar-refractivity contribution in [3.8, 4) is 0 Å². The summed E-state index contributed by atoms with van der Waals surface area (Å²) in [4.78, 5) is 18.0. The molecule has 0 atom stereocenters. The van der Waals surface area contributed by atoms with Gasteiger partial charge in [-0.2, -0.15) is 0 Å². The van der Waals surface area contributed by atoms with E-state index < -0.39 is 0 Å². The molecule has 0 aromatic carbocycles. The normalized spacial score (nSPS) is 10.4. The molecule has 2 aromatic heterocycles. The standard InChI is InChI=1S/C14H17N3O2/c1-2-17(10-11-5-7-16-8-6-11)14(18)13-4-3-12(9-15)19-13/h3-8H,2,9-10,15H2,1H3. The summed E-state index contributed by atoms with van der Waals surface area (Å²) in [6.45, 7) is 3.38. The molecule has 5 heteroatoms. The van der Waals surface area contributed by atoms with Crippen molar-refractivity contribution in [2.75, 3.05) is 6.54 Å². The third kappa shape index (κ3) is 3.20. The first-order chi connectivity index (χ1) is 9.24. The molecule has 19 heavy (non-hydrogen) atoms. The number of nitrogens with zero attached hydrogens (tertiary/aromatic N) is 2. The van der Waals surface area contributed by atoms with E-state index in [0.29, 0.717) is 31.2 Å². The van der Waals surface area contributed by atoms with E-state index in [-0.39, 0.29) is 5.91 Å². The Balaban J connectivity index is 2.11. The number of hydrogen-bond donors (Lipinski definition) is 1. The molecule has 5 nitrogen and oxygen atoms in total. The van der Waals surface area contributed by atoms with Gasteiger partial charge in [-0.05, 0) is 36.8 Å². The number of nitrogens with two attached hydrogens (primary N) is 1. The molecular formula is C14H17N3O2. The highest BCUT2D eigenvalue weighted by Gasteiger charge is 2.18. The van der Waals surface area contributed by atoms with Gasteiger partial charge in [0.2, 0.25) is 0 Å². The van der Waals surface area contributed by atoms with Gasteiger partial charge in [-0.1, -0.05) is 0 Å². The monoisotopic (exact) mass is 259 g/mol. The predicted molar refractivity (Wildman–Crippen MR) is 71.3 cm³/mol. The van der Waals surface area contributed by atoms with Crippen molar-refractivity contribution in [3.05, 3.63) is 53.7 Å². The summed E-state index contributed by atoms with van der Waals surface area (Å²) >= 11 is 0. The Kier molecular flexibility index (Phi) is 4.30. The van der Waals surface area contributed by atoms with Gasteiger partial charge in [-0.15, -0.1) is 0 Å². The van der Waals surface area contributed by atoms with Crippen LogP contribution in [-0.2, 0) is 13.1 Å². The highest BCUT2D eigenvalue weighted by Crippen LogP contribution is 2.12. The quantitative estimate of drug-likeness (QED) is 0.888. The second-order valence-electron chi connectivity index (χ2n) is 4.14. The first-order valence-corrected chi connectivity index (χ1v) is 6.21. The Labute approximate surface area is 112 Å². The Morgan fingerprint density at radius 2 is 2.05 bits per heavy atom. The minimum Gasteiger partial charge on any atom is -0.455 e. The van der Waals surface area contributed by atoms with E-state index in [1.807, 2.05) is 19.1 Å². The highest BCUT2D eigenvalue weighted by molar-refractivity contribution is 5.91. The lowest BCUT2D eigenvalue weighted by Crippen LogP contribution is -2.30. The highest BCUT2D eigenvalue weighted by atomic mass is 16.4. The van der Waals surface area contributed by atoms with Crippen LogP contribution in [0.2, 0.25) is 0 Å². The predicted octanol–water partition coefficient (Wildman–Crippen LogP) is 1.80. The summed E-state index contributed by atoms with van der Waals surface area (Å²) in [5.41, 5.74) is 6.51. The molecule has 1 amide bonds. The molecular weight excluding hydrogens is 242 g/mol. The summed E-state index contributed by atoms with van der Waals surface area (Å²) in [7, 11) is 0. The van der Waals surface area contributed by atoms with E-state index >= 15 is 0 Å². The van der Waals surface area contributed by atoms with Gasteiger partial charge in [0, 0.05) is 25.5 Å². The lowest BCUT2D eigenvalue weighted by atomic mass is 10.2. The summed E-state index contributed by atoms with van der Waals surface area (Å²) in [5, 5.41) is 0. The molecule has 0 radical (unpaired) electrons. The first-order valence-electron chi connectivity index (χ1n) is 6.21. The molecule has 0 aliphatic carbocycles. The van der Waals surface area contributed by atoms with Crippen LogP contribution < -0.4 is 5.73 Å². The van der Waals surface area contributed by atoms with Crippen LogP contribution in [0.3, 0.4) is 0 Å². The fourth-order valence-electron chi connectivity index (χ4n) is 1.79. The fourth-order valence-corrected chi connectivity index (χ4v) is 1.79. The van der Waals surface area contributed by atoms with Gasteiger partial charge >= 0.3 is 0 Å². The minimum absolute atomic E-state index is 0.126. The Bertz CT molecular complexity index is 537. The smallest absolute Gasteiger partial charge is 0.289 e. The van der Waals surface area contributed by atoms with Crippen molar-refractivity contribution >= 4 is 5.91 Å². The average Bonchev–Trinajstić information content (AvgIpc) is 2.94. The number of pyridine rings is 1. The average molecular weight is 259 g/mol. The summed E-state index contributed by atoms with van der Waals surface area (Å²) in [5.74, 6) is 0.818. The second-order valence-corrected chi connectivity index (χ2v) is 4.14. The van der Waals surface area contributed by atoms with E-state index in [1.54, 1.807) is 29.4 Å². The van der Waals surface area contributed by atoms with Gasteiger partial charge in [0.1, 0.15) is 5.76 Å². The zero-order chi connectivity index (χ0) is 13.7. The van der Waals surface area contributed by atoms with Crippen molar-refractivity contribution in [2.45, 2.75) is 20.0 Å². The summed E-state index contributed by atoms with van der Waals surface area (Å²) in [6.07, 6.45) is 3.43. The topological polar surface area (TPSA) is 72.4 Å². The van der Waals surface area contributed by atoms with E-state index in [2.05, 4.69) is 4.98 Å². The molecule has 2 N–H and O–H groups in total. The van der Waals surface area contributed by atoms with Crippen molar-refractivity contribution in [3.63, 3.8) is 0 Å². The van der Waals surface area contributed by atoms with Gasteiger partial charge in [-0.25, -0.2) is 0 Å². The van der Waals surface area contributed by atoms with E-state index in [9.17, 15) is 4.79 Å². The van der Waals surface area contributed by atoms with Crippen LogP contribution in [0.25, 0.3) is 0 Å². The first kappa shape index (κ1) is 13.3. The molecule has 0 saturated heterocycles. The molecule has 0 bridgehead atoms. The van der Waals surface area contributed by atoms with Gasteiger partial charge < -0.3 is 15.1 Å². The van der Waals surface area contributed by atoms with Gasteiger partial charge in [0.15, 0.2) is 5.76 Å². The summed E-state index contributed by atoms with van der Waals surface area (Å²) in [6, 6.07) is 7.18. The molecule has 0 saturated carbocycles. The minimum atomic E-state index is -0.126. The van der Waals surface area contributed by atoms with Crippen molar-refractivity contribution < 1.29 is 9.21 Å². The fraction of sp³-hybridized carbons (Fsp3) is 0.286. The molecule has 0 fully saturated rings. The number of rotatable bonds is 5. The number of furan rings is 1.